The van der Waals surface area contributed by atoms with Crippen LogP contribution in [0.4, 0.5) is 8.68 Å². The van der Waals surface area contributed by atoms with Gasteiger partial charge < -0.3 is 9.64 Å². The van der Waals surface area contributed by atoms with Crippen LogP contribution in [0.3, 0.4) is 0 Å². The van der Waals surface area contributed by atoms with E-state index >= 15 is 0 Å². The van der Waals surface area contributed by atoms with Crippen LogP contribution in [-0.2, 0) is 15.0 Å². The third kappa shape index (κ3) is 6.18. The number of halogens is 1. The summed E-state index contributed by atoms with van der Waals surface area (Å²) in [6.45, 7) is 5.51. The van der Waals surface area contributed by atoms with Crippen molar-refractivity contribution >= 4 is 16.3 Å². The maximum Gasteiger partial charge on any atom is 0.410 e. The van der Waals surface area contributed by atoms with Crippen LogP contribution < -0.4 is 0 Å². The molecule has 106 valence electrons. The number of nitrogens with zero attached hydrogens (tertiary/aromatic N) is 1. The van der Waals surface area contributed by atoms with Gasteiger partial charge in [-0.25, -0.2) is 4.79 Å². The first-order valence-corrected chi connectivity index (χ1v) is 7.56. The van der Waals surface area contributed by atoms with E-state index in [0.29, 0.717) is 0 Å². The van der Waals surface area contributed by atoms with Crippen LogP contribution in [0.1, 0.15) is 40.0 Å². The Morgan fingerprint density at radius 1 is 1.39 bits per heavy atom. The Kier molecular flexibility index (Phi) is 4.58. The van der Waals surface area contributed by atoms with Crippen molar-refractivity contribution in [1.29, 1.82) is 0 Å². The van der Waals surface area contributed by atoms with Crippen molar-refractivity contribution in [1.82, 2.24) is 4.90 Å². The summed E-state index contributed by atoms with van der Waals surface area (Å²) in [6, 6.07) is 0.113. The predicted octanol–water partition coefficient (Wildman–Crippen LogP) is 2.08. The lowest BCUT2D eigenvalue weighted by atomic mass is 10.2. The molecule has 1 amide bonds. The van der Waals surface area contributed by atoms with E-state index in [-0.39, 0.29) is 19.0 Å². The molecule has 1 aliphatic carbocycles. The topological polar surface area (TPSA) is 63.7 Å². The molecule has 0 N–H and O–H groups in total. The van der Waals surface area contributed by atoms with Crippen LogP contribution >= 0.6 is 0 Å². The Morgan fingerprint density at radius 2 is 1.94 bits per heavy atom. The smallest absolute Gasteiger partial charge is 0.410 e. The normalized spacial score (nSPS) is 16.4. The molecule has 0 saturated heterocycles. The summed E-state index contributed by atoms with van der Waals surface area (Å²) in [6.07, 6.45) is 1.42. The number of hydrogen-bond acceptors (Lipinski definition) is 4. The maximum atomic E-state index is 12.4. The Labute approximate surface area is 108 Å². The zero-order chi connectivity index (χ0) is 14.0. The first-order valence-electron chi connectivity index (χ1n) is 6.00. The fourth-order valence-corrected chi connectivity index (χ4v) is 2.01. The number of carbonyl (C=O) groups excluding carboxylic acids is 1. The average Bonchev–Trinajstić information content (AvgIpc) is 2.90. The average molecular weight is 281 g/mol. The molecule has 0 bridgehead atoms. The fourth-order valence-electron chi connectivity index (χ4n) is 1.54. The number of rotatable bonds is 5. The van der Waals surface area contributed by atoms with Crippen LogP contribution in [-0.4, -0.2) is 43.4 Å². The van der Waals surface area contributed by atoms with E-state index in [1.165, 1.54) is 4.90 Å². The highest BCUT2D eigenvalue weighted by atomic mass is 32.3. The molecular formula is C11H20FNO4S. The molecule has 0 radical (unpaired) electrons. The lowest BCUT2D eigenvalue weighted by Gasteiger charge is -2.27. The van der Waals surface area contributed by atoms with Gasteiger partial charge in [-0.2, -0.15) is 8.42 Å². The molecule has 1 saturated carbocycles. The molecule has 0 aliphatic heterocycles. The van der Waals surface area contributed by atoms with Crippen molar-refractivity contribution in [2.24, 2.45) is 0 Å². The molecule has 0 aromatic heterocycles. The molecular weight excluding hydrogens is 261 g/mol. The molecule has 5 nitrogen and oxygen atoms in total. The van der Waals surface area contributed by atoms with Gasteiger partial charge in [0.2, 0.25) is 0 Å². The summed E-state index contributed by atoms with van der Waals surface area (Å²) in [7, 11) is -4.46. The van der Waals surface area contributed by atoms with Gasteiger partial charge >= 0.3 is 16.3 Å². The van der Waals surface area contributed by atoms with Crippen molar-refractivity contribution in [2.75, 3.05) is 12.3 Å². The van der Waals surface area contributed by atoms with Crippen LogP contribution in [0.2, 0.25) is 0 Å². The second-order valence-electron chi connectivity index (χ2n) is 5.50. The summed E-state index contributed by atoms with van der Waals surface area (Å²) >= 11 is 0. The molecule has 18 heavy (non-hydrogen) atoms. The standard InChI is InChI=1S/C11H20FNO4S/c1-11(2,3)17-10(14)13(9-5-6-9)7-4-8-18(12,15)16/h9H,4-8H2,1-3H3. The minimum absolute atomic E-state index is 0.0918. The van der Waals surface area contributed by atoms with E-state index in [2.05, 4.69) is 0 Å². The molecule has 0 spiro atoms. The Morgan fingerprint density at radius 3 is 2.33 bits per heavy atom. The maximum absolute atomic E-state index is 12.4. The Bertz CT molecular complexity index is 398. The first kappa shape index (κ1) is 15.2. The summed E-state index contributed by atoms with van der Waals surface area (Å²) in [5.41, 5.74) is -0.587. The van der Waals surface area contributed by atoms with Gasteiger partial charge in [-0.05, 0) is 40.0 Å². The van der Waals surface area contributed by atoms with Crippen molar-refractivity contribution in [3.05, 3.63) is 0 Å². The highest BCUT2D eigenvalue weighted by Gasteiger charge is 2.34. The van der Waals surface area contributed by atoms with Gasteiger partial charge in [-0.15, -0.1) is 3.89 Å². The number of amides is 1. The molecule has 0 heterocycles. The van der Waals surface area contributed by atoms with Gasteiger partial charge in [0.1, 0.15) is 5.60 Å². The lowest BCUT2D eigenvalue weighted by molar-refractivity contribution is 0.0234. The van der Waals surface area contributed by atoms with Gasteiger partial charge in [0.05, 0.1) is 5.75 Å². The van der Waals surface area contributed by atoms with Crippen LogP contribution in [0.15, 0.2) is 0 Å². The van der Waals surface area contributed by atoms with E-state index in [4.69, 9.17) is 4.74 Å². The predicted molar refractivity (Wildman–Crippen MR) is 65.5 cm³/mol. The molecule has 0 unspecified atom stereocenters. The fraction of sp³-hybridized carbons (Fsp3) is 0.909. The monoisotopic (exact) mass is 281 g/mol. The van der Waals surface area contributed by atoms with Gasteiger partial charge in [0.25, 0.3) is 0 Å². The van der Waals surface area contributed by atoms with Crippen LogP contribution in [0, 0.1) is 0 Å². The third-order valence-corrected chi connectivity index (χ3v) is 3.18. The van der Waals surface area contributed by atoms with Gasteiger partial charge in [-0.1, -0.05) is 0 Å². The van der Waals surface area contributed by atoms with Crippen LogP contribution in [0.25, 0.3) is 0 Å². The van der Waals surface area contributed by atoms with Gasteiger partial charge in [0, 0.05) is 12.6 Å². The highest BCUT2D eigenvalue weighted by molar-refractivity contribution is 7.86. The third-order valence-electron chi connectivity index (χ3n) is 2.40. The molecule has 1 rings (SSSR count). The Hall–Kier alpha value is -0.850. The second-order valence-corrected chi connectivity index (χ2v) is 6.99. The minimum Gasteiger partial charge on any atom is -0.444 e. The van der Waals surface area contributed by atoms with Crippen molar-refractivity contribution < 1.29 is 21.8 Å². The lowest BCUT2D eigenvalue weighted by Crippen LogP contribution is -2.39. The largest absolute Gasteiger partial charge is 0.444 e. The Balaban J connectivity index is 2.48. The minimum atomic E-state index is -4.46. The molecule has 0 atom stereocenters. The van der Waals surface area contributed by atoms with E-state index in [1.807, 2.05) is 0 Å². The van der Waals surface area contributed by atoms with E-state index in [0.717, 1.165) is 12.8 Å². The van der Waals surface area contributed by atoms with Crippen LogP contribution in [0.5, 0.6) is 0 Å². The molecule has 0 aromatic carbocycles. The van der Waals surface area contributed by atoms with Gasteiger partial charge in [-0.3, -0.25) is 0 Å². The zero-order valence-corrected chi connectivity index (χ0v) is 11.8. The SMILES string of the molecule is CC(C)(C)OC(=O)N(CCCS(=O)(=O)F)C1CC1. The highest BCUT2D eigenvalue weighted by Crippen LogP contribution is 2.28. The molecule has 7 heteroatoms. The number of ether oxygens (including phenoxy) is 1. The summed E-state index contributed by atoms with van der Waals surface area (Å²) < 4.78 is 38.4. The first-order chi connectivity index (χ1) is 8.08. The zero-order valence-electron chi connectivity index (χ0n) is 11.0. The van der Waals surface area contributed by atoms with Crippen molar-refractivity contribution in [2.45, 2.75) is 51.7 Å². The second kappa shape index (κ2) is 5.42. The summed E-state index contributed by atoms with van der Waals surface area (Å²) in [4.78, 5) is 13.4. The molecule has 1 fully saturated rings. The molecule has 0 aromatic rings. The quantitative estimate of drug-likeness (QED) is 0.724. The van der Waals surface area contributed by atoms with Gasteiger partial charge in [0.15, 0.2) is 0 Å². The summed E-state index contributed by atoms with van der Waals surface area (Å²) in [5.74, 6) is -0.557. The van der Waals surface area contributed by atoms with Crippen molar-refractivity contribution in [3.63, 3.8) is 0 Å². The van der Waals surface area contributed by atoms with Crippen molar-refractivity contribution in [3.8, 4) is 0 Å². The number of carbonyl (C=O) groups is 1. The van der Waals surface area contributed by atoms with E-state index in [9.17, 15) is 17.1 Å². The summed E-state index contributed by atoms with van der Waals surface area (Å²) in [5, 5.41) is 0. The number of hydrogen-bond donors (Lipinski definition) is 0. The van der Waals surface area contributed by atoms with E-state index < -0.39 is 27.7 Å². The van der Waals surface area contributed by atoms with E-state index in [1.54, 1.807) is 20.8 Å². The molecule has 1 aliphatic rings.